The molecule has 6 nitrogen and oxygen atoms in total. The molecular formula is C30H33NO5. The Labute approximate surface area is 211 Å². The van der Waals surface area contributed by atoms with Crippen molar-refractivity contribution in [2.24, 2.45) is 0 Å². The summed E-state index contributed by atoms with van der Waals surface area (Å²) in [6.07, 6.45) is 2.39. The highest BCUT2D eigenvalue weighted by Crippen LogP contribution is 2.26. The Bertz CT molecular complexity index is 1210. The number of ether oxygens (including phenoxy) is 1. The van der Waals surface area contributed by atoms with Crippen LogP contribution in [0.2, 0.25) is 0 Å². The fraction of sp³-hybridized carbons (Fsp3) is 0.367. The first-order valence-corrected chi connectivity index (χ1v) is 12.7. The average molecular weight is 488 g/mol. The van der Waals surface area contributed by atoms with E-state index >= 15 is 0 Å². The first-order valence-electron chi connectivity index (χ1n) is 12.7. The Morgan fingerprint density at radius 3 is 2.44 bits per heavy atom. The summed E-state index contributed by atoms with van der Waals surface area (Å²) in [6.45, 7) is 1.98. The largest absolute Gasteiger partial charge is 0.508 e. The number of benzene rings is 3. The van der Waals surface area contributed by atoms with Crippen molar-refractivity contribution >= 4 is 28.2 Å². The minimum absolute atomic E-state index is 0.00411. The third kappa shape index (κ3) is 6.58. The monoisotopic (exact) mass is 487 g/mol. The van der Waals surface area contributed by atoms with Crippen molar-refractivity contribution in [3.8, 4) is 5.75 Å². The topological polar surface area (TPSA) is 96.0 Å². The van der Waals surface area contributed by atoms with Crippen molar-refractivity contribution < 1.29 is 24.2 Å². The van der Waals surface area contributed by atoms with Gasteiger partial charge in [0.1, 0.15) is 5.75 Å². The molecule has 3 atom stereocenters. The van der Waals surface area contributed by atoms with E-state index in [1.807, 2.05) is 43.3 Å². The van der Waals surface area contributed by atoms with Gasteiger partial charge in [-0.05, 0) is 59.7 Å². The Kier molecular flexibility index (Phi) is 8.49. The first kappa shape index (κ1) is 25.6. The molecule has 1 saturated heterocycles. The van der Waals surface area contributed by atoms with Crippen LogP contribution in [0.5, 0.6) is 5.75 Å². The number of phenols is 1. The SMILES string of the molecule is CCC[C@H](NC(=O)[C@@H]1O[C@H]1C(=O)CCCc1ccc(O)cc1)C(=O)CCc1cccc2ccccc12. The molecule has 0 saturated carbocycles. The lowest BCUT2D eigenvalue weighted by Crippen LogP contribution is -2.43. The maximum absolute atomic E-state index is 13.0. The number of carbonyl (C=O) groups excluding carboxylic acids is 3. The van der Waals surface area contributed by atoms with Crippen LogP contribution < -0.4 is 5.32 Å². The number of phenolic OH excluding ortho intramolecular Hbond substituents is 1. The highest BCUT2D eigenvalue weighted by Gasteiger charge is 2.50. The molecule has 1 aliphatic rings. The lowest BCUT2D eigenvalue weighted by atomic mass is 9.96. The summed E-state index contributed by atoms with van der Waals surface area (Å²) in [4.78, 5) is 38.2. The van der Waals surface area contributed by atoms with E-state index in [2.05, 4.69) is 23.5 Å². The fourth-order valence-corrected chi connectivity index (χ4v) is 4.63. The Hall–Kier alpha value is -3.51. The molecule has 0 bridgehead atoms. The summed E-state index contributed by atoms with van der Waals surface area (Å²) >= 11 is 0. The molecular weight excluding hydrogens is 454 g/mol. The van der Waals surface area contributed by atoms with E-state index in [0.29, 0.717) is 38.5 Å². The maximum Gasteiger partial charge on any atom is 0.252 e. The third-order valence-corrected chi connectivity index (χ3v) is 6.70. The molecule has 0 radical (unpaired) electrons. The summed E-state index contributed by atoms with van der Waals surface area (Å²) in [5.74, 6) is -0.272. The zero-order valence-electron chi connectivity index (χ0n) is 20.6. The van der Waals surface area contributed by atoms with Crippen molar-refractivity contribution in [3.05, 3.63) is 77.9 Å². The van der Waals surface area contributed by atoms with E-state index in [-0.39, 0.29) is 23.2 Å². The second-order valence-electron chi connectivity index (χ2n) is 9.42. The van der Waals surface area contributed by atoms with Gasteiger partial charge in [-0.15, -0.1) is 0 Å². The molecule has 0 unspecified atom stereocenters. The van der Waals surface area contributed by atoms with Crippen molar-refractivity contribution in [3.63, 3.8) is 0 Å². The van der Waals surface area contributed by atoms with Crippen molar-refractivity contribution in [1.82, 2.24) is 5.32 Å². The standard InChI is InChI=1S/C30H33NO5/c1-2-7-25(26(33)19-16-22-11-6-10-21-9-3-4-12-24(21)22)31-30(35)29-28(36-29)27(34)13-5-8-20-14-17-23(32)18-15-20/h3-4,6,9-12,14-15,17-18,25,28-29,32H,2,5,7-8,13,16,19H2,1H3,(H,31,35)/t25-,28-,29+/m0/s1. The Morgan fingerprint density at radius 2 is 1.67 bits per heavy atom. The van der Waals surface area contributed by atoms with Crippen molar-refractivity contribution in [2.75, 3.05) is 0 Å². The molecule has 6 heteroatoms. The van der Waals surface area contributed by atoms with E-state index < -0.39 is 18.2 Å². The number of nitrogens with one attached hydrogen (secondary N) is 1. The second kappa shape index (κ2) is 12.0. The summed E-state index contributed by atoms with van der Waals surface area (Å²) in [5.41, 5.74) is 2.16. The van der Waals surface area contributed by atoms with Crippen LogP contribution in [0.1, 0.15) is 50.2 Å². The highest BCUT2D eigenvalue weighted by atomic mass is 16.6. The molecule has 0 spiro atoms. The molecule has 1 amide bonds. The normalized spacial score (nSPS) is 17.5. The quantitative estimate of drug-likeness (QED) is 0.341. The van der Waals surface area contributed by atoms with Crippen LogP contribution in [0, 0.1) is 0 Å². The van der Waals surface area contributed by atoms with Gasteiger partial charge < -0.3 is 15.2 Å². The molecule has 2 N–H and O–H groups in total. The van der Waals surface area contributed by atoms with Gasteiger partial charge in [-0.3, -0.25) is 14.4 Å². The number of hydrogen-bond acceptors (Lipinski definition) is 5. The predicted octanol–water partition coefficient (Wildman–Crippen LogP) is 4.69. The number of Topliss-reactive ketones (excluding diaryl/α,β-unsaturated/α-hetero) is 2. The lowest BCUT2D eigenvalue weighted by Gasteiger charge is -2.17. The number of fused-ring (bicyclic) bond motifs is 1. The number of aryl methyl sites for hydroxylation is 2. The van der Waals surface area contributed by atoms with Crippen LogP contribution in [-0.2, 0) is 32.0 Å². The average Bonchev–Trinajstić information content (AvgIpc) is 3.69. The van der Waals surface area contributed by atoms with Gasteiger partial charge in [-0.25, -0.2) is 0 Å². The maximum atomic E-state index is 13.0. The molecule has 1 fully saturated rings. The number of aromatic hydroxyl groups is 1. The molecule has 188 valence electrons. The van der Waals surface area contributed by atoms with E-state index in [0.717, 1.165) is 28.3 Å². The molecule has 1 heterocycles. The van der Waals surface area contributed by atoms with Gasteiger partial charge in [0.25, 0.3) is 5.91 Å². The molecule has 0 aliphatic carbocycles. The van der Waals surface area contributed by atoms with Gasteiger partial charge in [-0.2, -0.15) is 0 Å². The summed E-state index contributed by atoms with van der Waals surface area (Å²) in [5, 5.41) is 14.5. The highest BCUT2D eigenvalue weighted by molar-refractivity contribution is 5.98. The van der Waals surface area contributed by atoms with Crippen molar-refractivity contribution in [1.29, 1.82) is 0 Å². The van der Waals surface area contributed by atoms with Gasteiger partial charge in [0.05, 0.1) is 6.04 Å². The Morgan fingerprint density at radius 1 is 0.917 bits per heavy atom. The van der Waals surface area contributed by atoms with Gasteiger partial charge in [-0.1, -0.05) is 67.9 Å². The minimum atomic E-state index is -0.809. The van der Waals surface area contributed by atoms with E-state index in [9.17, 15) is 19.5 Å². The fourth-order valence-electron chi connectivity index (χ4n) is 4.63. The van der Waals surface area contributed by atoms with Crippen LogP contribution in [0.25, 0.3) is 10.8 Å². The number of rotatable bonds is 13. The van der Waals surface area contributed by atoms with Gasteiger partial charge in [0.15, 0.2) is 23.8 Å². The molecule has 36 heavy (non-hydrogen) atoms. The summed E-state index contributed by atoms with van der Waals surface area (Å²) in [7, 11) is 0. The number of carbonyl (C=O) groups is 3. The zero-order chi connectivity index (χ0) is 25.5. The molecule has 4 rings (SSSR count). The predicted molar refractivity (Wildman–Crippen MR) is 139 cm³/mol. The molecule has 1 aliphatic heterocycles. The second-order valence-corrected chi connectivity index (χ2v) is 9.42. The summed E-state index contributed by atoms with van der Waals surface area (Å²) in [6, 6.07) is 20.5. The summed E-state index contributed by atoms with van der Waals surface area (Å²) < 4.78 is 5.39. The lowest BCUT2D eigenvalue weighted by molar-refractivity contribution is -0.128. The smallest absolute Gasteiger partial charge is 0.252 e. The number of amides is 1. The van der Waals surface area contributed by atoms with Crippen LogP contribution in [0.15, 0.2) is 66.7 Å². The van der Waals surface area contributed by atoms with Crippen LogP contribution >= 0.6 is 0 Å². The van der Waals surface area contributed by atoms with Crippen molar-refractivity contribution in [2.45, 2.75) is 70.1 Å². The minimum Gasteiger partial charge on any atom is -0.508 e. The van der Waals surface area contributed by atoms with E-state index in [4.69, 9.17) is 4.74 Å². The van der Waals surface area contributed by atoms with Gasteiger partial charge >= 0.3 is 0 Å². The molecule has 3 aromatic carbocycles. The number of hydrogen-bond donors (Lipinski definition) is 2. The zero-order valence-corrected chi connectivity index (χ0v) is 20.6. The molecule has 0 aromatic heterocycles. The molecule has 3 aromatic rings. The van der Waals surface area contributed by atoms with E-state index in [1.54, 1.807) is 12.1 Å². The van der Waals surface area contributed by atoms with Crippen LogP contribution in [0.4, 0.5) is 0 Å². The van der Waals surface area contributed by atoms with Crippen LogP contribution in [-0.4, -0.2) is 40.8 Å². The Balaban J connectivity index is 1.25. The van der Waals surface area contributed by atoms with E-state index in [1.165, 1.54) is 0 Å². The van der Waals surface area contributed by atoms with Gasteiger partial charge in [0.2, 0.25) is 0 Å². The number of epoxide rings is 1. The third-order valence-electron chi connectivity index (χ3n) is 6.70. The van der Waals surface area contributed by atoms with Crippen LogP contribution in [0.3, 0.4) is 0 Å². The number of ketones is 2. The van der Waals surface area contributed by atoms with Gasteiger partial charge in [0, 0.05) is 12.8 Å². The first-order chi connectivity index (χ1) is 17.5.